The van der Waals surface area contributed by atoms with E-state index in [1.165, 1.54) is 4.88 Å². The van der Waals surface area contributed by atoms with Crippen molar-refractivity contribution in [1.82, 2.24) is 10.2 Å². The first-order valence-electron chi connectivity index (χ1n) is 6.42. The summed E-state index contributed by atoms with van der Waals surface area (Å²) < 4.78 is 4.87. The van der Waals surface area contributed by atoms with E-state index in [1.54, 1.807) is 18.4 Å². The summed E-state index contributed by atoms with van der Waals surface area (Å²) in [5, 5.41) is 6.28. The quantitative estimate of drug-likeness (QED) is 0.906. The number of hydrogen-bond acceptors (Lipinski definition) is 4. The zero-order valence-corrected chi connectivity index (χ0v) is 12.6. The summed E-state index contributed by atoms with van der Waals surface area (Å²) >= 11 is 7.57. The molecule has 19 heavy (non-hydrogen) atoms. The molecule has 1 fully saturated rings. The van der Waals surface area contributed by atoms with Crippen LogP contribution in [0.4, 0.5) is 0 Å². The third kappa shape index (κ3) is 4.45. The molecule has 0 spiro atoms. The average Bonchev–Trinajstić information content (AvgIpc) is 2.83. The van der Waals surface area contributed by atoms with E-state index in [4.69, 9.17) is 16.3 Å². The standard InChI is InChI=1S/C13H19ClN2O2S/c1-18-8-13(17)16-4-2-11(3-5-16)15-7-12-6-10(14)9-19-12/h6,9,11,15H,2-5,7-8H2,1H3. The Balaban J connectivity index is 1.70. The molecule has 0 atom stereocenters. The number of rotatable bonds is 5. The number of nitrogens with zero attached hydrogens (tertiary/aromatic N) is 1. The highest BCUT2D eigenvalue weighted by Gasteiger charge is 2.22. The van der Waals surface area contributed by atoms with E-state index in [0.29, 0.717) is 6.04 Å². The minimum absolute atomic E-state index is 0.0889. The van der Waals surface area contributed by atoms with Crippen LogP contribution in [0.15, 0.2) is 11.4 Å². The van der Waals surface area contributed by atoms with Crippen molar-refractivity contribution in [2.45, 2.75) is 25.4 Å². The van der Waals surface area contributed by atoms with E-state index in [9.17, 15) is 4.79 Å². The van der Waals surface area contributed by atoms with Crippen LogP contribution in [0, 0.1) is 0 Å². The molecule has 0 unspecified atom stereocenters. The molecule has 1 aromatic rings. The first-order valence-corrected chi connectivity index (χ1v) is 7.68. The molecule has 0 radical (unpaired) electrons. The Kier molecular flexibility index (Phi) is 5.63. The highest BCUT2D eigenvalue weighted by molar-refractivity contribution is 7.10. The molecule has 0 aliphatic carbocycles. The summed E-state index contributed by atoms with van der Waals surface area (Å²) in [4.78, 5) is 14.8. The second-order valence-corrected chi connectivity index (χ2v) is 6.13. The summed E-state index contributed by atoms with van der Waals surface area (Å²) in [7, 11) is 1.55. The minimum Gasteiger partial charge on any atom is -0.375 e. The highest BCUT2D eigenvalue weighted by Crippen LogP contribution is 2.19. The van der Waals surface area contributed by atoms with E-state index < -0.39 is 0 Å². The van der Waals surface area contributed by atoms with Gasteiger partial charge in [0, 0.05) is 43.0 Å². The maximum absolute atomic E-state index is 11.7. The van der Waals surface area contributed by atoms with E-state index in [1.807, 2.05) is 16.3 Å². The van der Waals surface area contributed by atoms with E-state index in [-0.39, 0.29) is 12.5 Å². The van der Waals surface area contributed by atoms with Gasteiger partial charge in [-0.1, -0.05) is 11.6 Å². The molecular weight excluding hydrogens is 284 g/mol. The fourth-order valence-electron chi connectivity index (χ4n) is 2.24. The van der Waals surface area contributed by atoms with Gasteiger partial charge in [-0.05, 0) is 18.9 Å². The van der Waals surface area contributed by atoms with Crippen LogP contribution in [0.1, 0.15) is 17.7 Å². The Morgan fingerprint density at radius 1 is 1.58 bits per heavy atom. The minimum atomic E-state index is 0.0889. The lowest BCUT2D eigenvalue weighted by atomic mass is 10.1. The summed E-state index contributed by atoms with van der Waals surface area (Å²) in [6, 6.07) is 2.48. The van der Waals surface area contributed by atoms with Crippen molar-refractivity contribution < 1.29 is 9.53 Å². The fraction of sp³-hybridized carbons (Fsp3) is 0.615. The molecule has 0 bridgehead atoms. The molecule has 6 heteroatoms. The topological polar surface area (TPSA) is 41.6 Å². The molecule has 1 aliphatic heterocycles. The molecule has 0 aromatic carbocycles. The van der Waals surface area contributed by atoms with Crippen LogP contribution in [-0.2, 0) is 16.1 Å². The Morgan fingerprint density at radius 2 is 2.32 bits per heavy atom. The molecule has 1 saturated heterocycles. The second kappa shape index (κ2) is 7.24. The lowest BCUT2D eigenvalue weighted by Gasteiger charge is -2.32. The number of thiophene rings is 1. The first-order chi connectivity index (χ1) is 9.19. The summed E-state index contributed by atoms with van der Waals surface area (Å²) in [5.74, 6) is 0.0889. The second-order valence-electron chi connectivity index (χ2n) is 4.70. The van der Waals surface area contributed by atoms with Crippen molar-refractivity contribution >= 4 is 28.8 Å². The molecule has 2 heterocycles. The van der Waals surface area contributed by atoms with Crippen molar-refractivity contribution in [3.05, 3.63) is 21.3 Å². The van der Waals surface area contributed by atoms with Crippen LogP contribution >= 0.6 is 22.9 Å². The smallest absolute Gasteiger partial charge is 0.248 e. The van der Waals surface area contributed by atoms with Gasteiger partial charge >= 0.3 is 0 Å². The monoisotopic (exact) mass is 302 g/mol. The van der Waals surface area contributed by atoms with Gasteiger partial charge in [0.1, 0.15) is 6.61 Å². The summed E-state index contributed by atoms with van der Waals surface area (Å²) in [5.41, 5.74) is 0. The Hall–Kier alpha value is -0.620. The van der Waals surface area contributed by atoms with Gasteiger partial charge in [0.25, 0.3) is 0 Å². The van der Waals surface area contributed by atoms with Gasteiger partial charge in [-0.2, -0.15) is 0 Å². The van der Waals surface area contributed by atoms with Gasteiger partial charge in [-0.3, -0.25) is 4.79 Å². The number of ether oxygens (including phenoxy) is 1. The Bertz CT molecular complexity index is 417. The van der Waals surface area contributed by atoms with Crippen LogP contribution in [0.2, 0.25) is 5.02 Å². The van der Waals surface area contributed by atoms with Gasteiger partial charge in [-0.15, -0.1) is 11.3 Å². The molecule has 1 aliphatic rings. The van der Waals surface area contributed by atoms with E-state index in [0.717, 1.165) is 37.5 Å². The fourth-order valence-corrected chi connectivity index (χ4v) is 3.26. The molecule has 2 rings (SSSR count). The number of likely N-dealkylation sites (tertiary alicyclic amines) is 1. The third-order valence-corrected chi connectivity index (χ3v) is 4.59. The normalized spacial score (nSPS) is 16.8. The van der Waals surface area contributed by atoms with Crippen LogP contribution in [0.3, 0.4) is 0 Å². The maximum Gasteiger partial charge on any atom is 0.248 e. The largest absolute Gasteiger partial charge is 0.375 e. The number of carbonyl (C=O) groups excluding carboxylic acids is 1. The third-order valence-electron chi connectivity index (χ3n) is 3.30. The lowest BCUT2D eigenvalue weighted by molar-refractivity contribution is -0.136. The van der Waals surface area contributed by atoms with Crippen molar-refractivity contribution in [3.63, 3.8) is 0 Å². The van der Waals surface area contributed by atoms with Gasteiger partial charge in [0.05, 0.1) is 5.02 Å². The SMILES string of the molecule is COCC(=O)N1CCC(NCc2cc(Cl)cs2)CC1. The van der Waals surface area contributed by atoms with Gasteiger partial charge in [-0.25, -0.2) is 0 Å². The number of nitrogens with one attached hydrogen (secondary N) is 1. The van der Waals surface area contributed by atoms with E-state index in [2.05, 4.69) is 5.32 Å². The first kappa shape index (κ1) is 14.8. The molecule has 4 nitrogen and oxygen atoms in total. The molecule has 0 saturated carbocycles. The van der Waals surface area contributed by atoms with Crippen molar-refractivity contribution in [3.8, 4) is 0 Å². The van der Waals surface area contributed by atoms with Crippen LogP contribution in [-0.4, -0.2) is 43.7 Å². The predicted octanol–water partition coefficient (Wildman–Crippen LogP) is 2.13. The van der Waals surface area contributed by atoms with Gasteiger partial charge in [0.2, 0.25) is 5.91 Å². The van der Waals surface area contributed by atoms with Gasteiger partial charge < -0.3 is 15.0 Å². The number of piperidine rings is 1. The van der Waals surface area contributed by atoms with Crippen LogP contribution in [0.5, 0.6) is 0 Å². The molecule has 1 aromatic heterocycles. The van der Waals surface area contributed by atoms with Gasteiger partial charge in [0.15, 0.2) is 0 Å². The number of halogens is 1. The maximum atomic E-state index is 11.7. The number of hydrogen-bond donors (Lipinski definition) is 1. The molecule has 1 N–H and O–H groups in total. The molecule has 1 amide bonds. The lowest BCUT2D eigenvalue weighted by Crippen LogP contribution is -2.45. The molecule has 106 valence electrons. The number of carbonyl (C=O) groups is 1. The number of methoxy groups -OCH3 is 1. The number of amides is 1. The zero-order chi connectivity index (χ0) is 13.7. The van der Waals surface area contributed by atoms with Crippen molar-refractivity contribution in [2.75, 3.05) is 26.8 Å². The van der Waals surface area contributed by atoms with Crippen LogP contribution in [0.25, 0.3) is 0 Å². The zero-order valence-electron chi connectivity index (χ0n) is 11.0. The van der Waals surface area contributed by atoms with Crippen molar-refractivity contribution in [2.24, 2.45) is 0 Å². The summed E-state index contributed by atoms with van der Waals surface area (Å²) in [6.07, 6.45) is 1.99. The van der Waals surface area contributed by atoms with Crippen LogP contribution < -0.4 is 5.32 Å². The highest BCUT2D eigenvalue weighted by atomic mass is 35.5. The summed E-state index contributed by atoms with van der Waals surface area (Å²) in [6.45, 7) is 2.66. The molecular formula is C13H19ClN2O2S. The van der Waals surface area contributed by atoms with Crippen molar-refractivity contribution in [1.29, 1.82) is 0 Å². The van der Waals surface area contributed by atoms with E-state index >= 15 is 0 Å². The Morgan fingerprint density at radius 3 is 2.89 bits per heavy atom. The Labute approximate surface area is 122 Å². The average molecular weight is 303 g/mol. The predicted molar refractivity (Wildman–Crippen MR) is 77.6 cm³/mol.